The van der Waals surface area contributed by atoms with Crippen LogP contribution >= 0.6 is 23.1 Å². The van der Waals surface area contributed by atoms with Crippen molar-refractivity contribution in [2.45, 2.75) is 28.8 Å². The second kappa shape index (κ2) is 11.0. The van der Waals surface area contributed by atoms with Gasteiger partial charge in [-0.2, -0.15) is 4.31 Å². The van der Waals surface area contributed by atoms with Gasteiger partial charge in [-0.25, -0.2) is 12.8 Å². The standard InChI is InChI=1S/C21H23FN4O3S3/c1-3-26(4-2)32(28,29)17-11-9-15(10-12-17)19(27)13-23-20-24-25-21(31-20)30-14-16-7-5-6-8-18(16)22/h5-12H,3-4,13-14H2,1-2H3,(H,23,24). The Kier molecular flexibility index (Phi) is 8.35. The number of halogens is 1. The number of Topliss-reactive ketones (excluding diaryl/α,β-unsaturated/α-hetero) is 1. The maximum atomic E-state index is 13.7. The van der Waals surface area contributed by atoms with Crippen molar-refractivity contribution >= 4 is 44.0 Å². The van der Waals surface area contributed by atoms with E-state index < -0.39 is 10.0 Å². The van der Waals surface area contributed by atoms with Gasteiger partial charge in [0.05, 0.1) is 11.4 Å². The lowest BCUT2D eigenvalue weighted by Gasteiger charge is -2.18. The van der Waals surface area contributed by atoms with Crippen LogP contribution < -0.4 is 5.32 Å². The second-order valence-corrected chi connectivity index (χ2v) is 10.8. The highest BCUT2D eigenvalue weighted by molar-refractivity contribution is 8.00. The van der Waals surface area contributed by atoms with Crippen LogP contribution in [0, 0.1) is 5.82 Å². The van der Waals surface area contributed by atoms with Gasteiger partial charge < -0.3 is 5.32 Å². The van der Waals surface area contributed by atoms with E-state index in [1.54, 1.807) is 32.0 Å². The molecule has 2 aromatic carbocycles. The van der Waals surface area contributed by atoms with Crippen molar-refractivity contribution in [3.8, 4) is 0 Å². The summed E-state index contributed by atoms with van der Waals surface area (Å²) in [5, 5.41) is 11.5. The molecule has 170 valence electrons. The molecule has 11 heteroatoms. The molecule has 1 heterocycles. The Balaban J connectivity index is 1.55. The fourth-order valence-electron chi connectivity index (χ4n) is 2.88. The largest absolute Gasteiger partial charge is 0.353 e. The smallest absolute Gasteiger partial charge is 0.243 e. The average Bonchev–Trinajstić information content (AvgIpc) is 3.25. The highest BCUT2D eigenvalue weighted by atomic mass is 32.2. The summed E-state index contributed by atoms with van der Waals surface area (Å²) < 4.78 is 40.8. The maximum absolute atomic E-state index is 13.7. The summed E-state index contributed by atoms with van der Waals surface area (Å²) in [4.78, 5) is 12.6. The molecule has 0 saturated heterocycles. The molecule has 3 rings (SSSR count). The first-order valence-corrected chi connectivity index (χ1v) is 13.2. The molecule has 0 aliphatic rings. The van der Waals surface area contributed by atoms with E-state index in [-0.39, 0.29) is 23.0 Å². The number of hydrogen-bond acceptors (Lipinski definition) is 8. The normalized spacial score (nSPS) is 11.6. The topological polar surface area (TPSA) is 92.3 Å². The third kappa shape index (κ3) is 5.91. The number of ketones is 1. The van der Waals surface area contributed by atoms with Crippen LogP contribution in [0.4, 0.5) is 9.52 Å². The van der Waals surface area contributed by atoms with Gasteiger partial charge in [-0.3, -0.25) is 4.79 Å². The van der Waals surface area contributed by atoms with Gasteiger partial charge in [0.25, 0.3) is 0 Å². The quantitative estimate of drug-likeness (QED) is 0.314. The number of hydrogen-bond donors (Lipinski definition) is 1. The highest BCUT2D eigenvalue weighted by Crippen LogP contribution is 2.29. The number of thioether (sulfide) groups is 1. The van der Waals surface area contributed by atoms with Crippen molar-refractivity contribution in [3.63, 3.8) is 0 Å². The minimum Gasteiger partial charge on any atom is -0.353 e. The third-order valence-electron chi connectivity index (χ3n) is 4.64. The molecule has 32 heavy (non-hydrogen) atoms. The van der Waals surface area contributed by atoms with E-state index >= 15 is 0 Å². The SMILES string of the molecule is CCN(CC)S(=O)(=O)c1ccc(C(=O)CNc2nnc(SCc3ccccc3F)s2)cc1. The van der Waals surface area contributed by atoms with Crippen LogP contribution in [0.3, 0.4) is 0 Å². The number of sulfonamides is 1. The van der Waals surface area contributed by atoms with Crippen LogP contribution in [-0.2, 0) is 15.8 Å². The minimum absolute atomic E-state index is 0.00520. The Morgan fingerprint density at radius 1 is 1.09 bits per heavy atom. The monoisotopic (exact) mass is 494 g/mol. The van der Waals surface area contributed by atoms with E-state index in [9.17, 15) is 17.6 Å². The Hall–Kier alpha value is -2.34. The number of carbonyl (C=O) groups is 1. The summed E-state index contributed by atoms with van der Waals surface area (Å²) in [6.45, 7) is 4.32. The molecule has 0 amide bonds. The Labute approximate surface area is 195 Å². The average molecular weight is 495 g/mol. The van der Waals surface area contributed by atoms with Crippen LogP contribution in [0.2, 0.25) is 0 Å². The van der Waals surface area contributed by atoms with Gasteiger partial charge in [-0.1, -0.05) is 55.1 Å². The first-order valence-electron chi connectivity index (χ1n) is 9.92. The molecule has 3 aromatic rings. The number of rotatable bonds is 11. The molecule has 7 nitrogen and oxygen atoms in total. The Morgan fingerprint density at radius 3 is 2.44 bits per heavy atom. The van der Waals surface area contributed by atoms with Gasteiger partial charge in [0.2, 0.25) is 15.2 Å². The minimum atomic E-state index is -3.56. The van der Waals surface area contributed by atoms with E-state index in [0.717, 1.165) is 0 Å². The summed E-state index contributed by atoms with van der Waals surface area (Å²) in [7, 11) is -3.56. The van der Waals surface area contributed by atoms with Crippen LogP contribution in [-0.4, -0.2) is 48.3 Å². The van der Waals surface area contributed by atoms with Gasteiger partial charge in [-0.05, 0) is 35.9 Å². The van der Waals surface area contributed by atoms with Crippen LogP contribution in [0.5, 0.6) is 0 Å². The maximum Gasteiger partial charge on any atom is 0.243 e. The molecule has 0 saturated carbocycles. The number of aromatic nitrogens is 2. The van der Waals surface area contributed by atoms with Gasteiger partial charge in [0, 0.05) is 24.4 Å². The van der Waals surface area contributed by atoms with Crippen molar-refractivity contribution in [1.82, 2.24) is 14.5 Å². The van der Waals surface area contributed by atoms with E-state index in [1.807, 2.05) is 0 Å². The molecule has 0 atom stereocenters. The summed E-state index contributed by atoms with van der Waals surface area (Å²) >= 11 is 2.65. The van der Waals surface area contributed by atoms with Crippen molar-refractivity contribution < 1.29 is 17.6 Å². The number of anilines is 1. The Morgan fingerprint density at radius 2 is 1.78 bits per heavy atom. The lowest BCUT2D eigenvalue weighted by atomic mass is 10.1. The number of nitrogens with zero attached hydrogens (tertiary/aromatic N) is 3. The van der Waals surface area contributed by atoms with Gasteiger partial charge in [-0.15, -0.1) is 10.2 Å². The van der Waals surface area contributed by atoms with Crippen LogP contribution in [0.15, 0.2) is 57.8 Å². The molecule has 0 aliphatic carbocycles. The summed E-state index contributed by atoms with van der Waals surface area (Å²) in [5.41, 5.74) is 0.985. The molecule has 0 aliphatic heterocycles. The molecule has 0 radical (unpaired) electrons. The first-order chi connectivity index (χ1) is 15.3. The molecule has 0 fully saturated rings. The van der Waals surface area contributed by atoms with Crippen molar-refractivity contribution in [1.29, 1.82) is 0 Å². The van der Waals surface area contributed by atoms with E-state index in [2.05, 4.69) is 15.5 Å². The summed E-state index contributed by atoms with van der Waals surface area (Å²) in [6.07, 6.45) is 0. The zero-order valence-electron chi connectivity index (χ0n) is 17.6. The second-order valence-electron chi connectivity index (χ2n) is 6.64. The van der Waals surface area contributed by atoms with E-state index in [4.69, 9.17) is 0 Å². The molecular weight excluding hydrogens is 471 g/mol. The summed E-state index contributed by atoms with van der Waals surface area (Å²) in [6, 6.07) is 12.5. The van der Waals surface area contributed by atoms with Crippen LogP contribution in [0.25, 0.3) is 0 Å². The van der Waals surface area contributed by atoms with E-state index in [0.29, 0.717) is 39.4 Å². The molecule has 1 aromatic heterocycles. The molecule has 1 N–H and O–H groups in total. The number of nitrogens with one attached hydrogen (secondary N) is 1. The van der Waals surface area contributed by atoms with Crippen molar-refractivity contribution in [2.24, 2.45) is 0 Å². The molecule has 0 unspecified atom stereocenters. The fourth-order valence-corrected chi connectivity index (χ4v) is 6.07. The zero-order valence-corrected chi connectivity index (χ0v) is 20.1. The van der Waals surface area contributed by atoms with Gasteiger partial charge >= 0.3 is 0 Å². The third-order valence-corrected chi connectivity index (χ3v) is 8.76. The predicted molar refractivity (Wildman–Crippen MR) is 125 cm³/mol. The molecule has 0 spiro atoms. The van der Waals surface area contributed by atoms with Crippen molar-refractivity contribution in [3.05, 3.63) is 65.5 Å². The van der Waals surface area contributed by atoms with Crippen LogP contribution in [0.1, 0.15) is 29.8 Å². The zero-order chi connectivity index (χ0) is 23.1. The lowest BCUT2D eigenvalue weighted by Crippen LogP contribution is -2.30. The fraction of sp³-hybridized carbons (Fsp3) is 0.286. The summed E-state index contributed by atoms with van der Waals surface area (Å²) in [5.74, 6) is -0.0277. The van der Waals surface area contributed by atoms with Crippen molar-refractivity contribution in [2.75, 3.05) is 25.0 Å². The van der Waals surface area contributed by atoms with Gasteiger partial charge in [0.1, 0.15) is 5.82 Å². The van der Waals surface area contributed by atoms with E-state index in [1.165, 1.54) is 57.7 Å². The number of carbonyl (C=O) groups excluding carboxylic acids is 1. The highest BCUT2D eigenvalue weighted by Gasteiger charge is 2.21. The Bertz CT molecular complexity index is 1160. The predicted octanol–water partition coefficient (Wildman–Crippen LogP) is 4.29. The molecule has 0 bridgehead atoms. The first kappa shape index (κ1) is 24.3. The molecular formula is C21H23FN4O3S3. The number of benzene rings is 2. The van der Waals surface area contributed by atoms with Gasteiger partial charge in [0.15, 0.2) is 10.1 Å². The lowest BCUT2D eigenvalue weighted by molar-refractivity contribution is 0.101.